The lowest BCUT2D eigenvalue weighted by atomic mass is 10.1. The molecule has 0 fully saturated rings. The van der Waals surface area contributed by atoms with Crippen molar-refractivity contribution in [2.24, 2.45) is 0 Å². The van der Waals surface area contributed by atoms with Crippen molar-refractivity contribution in [3.8, 4) is 0 Å². The van der Waals surface area contributed by atoms with Crippen molar-refractivity contribution in [3.05, 3.63) is 47.1 Å². The fraction of sp³-hybridized carbons (Fsp3) is 0.357. The Bertz CT molecular complexity index is 476. The standard InChI is InChI=1S/C14H17ClN2O/c1-10-7-8-16-14(15)13(10)17-11(2)5-6-12-4-3-9-18-12/h3-4,7-9,11,17H,5-6H2,1-2H3. The molecule has 4 heteroatoms. The molecule has 96 valence electrons. The van der Waals surface area contributed by atoms with Gasteiger partial charge in [-0.3, -0.25) is 0 Å². The Morgan fingerprint density at radius 3 is 2.94 bits per heavy atom. The molecular weight excluding hydrogens is 248 g/mol. The minimum atomic E-state index is 0.315. The van der Waals surface area contributed by atoms with Gasteiger partial charge in [-0.25, -0.2) is 4.98 Å². The number of nitrogens with one attached hydrogen (secondary N) is 1. The summed E-state index contributed by atoms with van der Waals surface area (Å²) < 4.78 is 5.32. The summed E-state index contributed by atoms with van der Waals surface area (Å²) in [6, 6.07) is 6.17. The molecule has 0 aromatic carbocycles. The van der Waals surface area contributed by atoms with Crippen LogP contribution in [0.15, 0.2) is 35.1 Å². The van der Waals surface area contributed by atoms with Gasteiger partial charge in [-0.15, -0.1) is 0 Å². The molecule has 0 amide bonds. The van der Waals surface area contributed by atoms with E-state index in [2.05, 4.69) is 17.2 Å². The third kappa shape index (κ3) is 3.26. The van der Waals surface area contributed by atoms with E-state index in [1.807, 2.05) is 25.1 Å². The molecule has 1 N–H and O–H groups in total. The highest BCUT2D eigenvalue weighted by atomic mass is 35.5. The number of halogens is 1. The van der Waals surface area contributed by atoms with Gasteiger partial charge in [0, 0.05) is 18.7 Å². The maximum absolute atomic E-state index is 6.08. The largest absolute Gasteiger partial charge is 0.469 e. The van der Waals surface area contributed by atoms with E-state index in [-0.39, 0.29) is 0 Å². The molecule has 0 aliphatic carbocycles. The first kappa shape index (κ1) is 13.0. The van der Waals surface area contributed by atoms with Gasteiger partial charge >= 0.3 is 0 Å². The van der Waals surface area contributed by atoms with Crippen molar-refractivity contribution in [1.82, 2.24) is 4.98 Å². The van der Waals surface area contributed by atoms with Crippen LogP contribution >= 0.6 is 11.6 Å². The first-order valence-corrected chi connectivity index (χ1v) is 6.44. The number of nitrogens with zero attached hydrogens (tertiary/aromatic N) is 1. The van der Waals surface area contributed by atoms with E-state index in [0.717, 1.165) is 29.9 Å². The smallest absolute Gasteiger partial charge is 0.152 e. The highest BCUT2D eigenvalue weighted by molar-refractivity contribution is 6.32. The van der Waals surface area contributed by atoms with Crippen molar-refractivity contribution >= 4 is 17.3 Å². The van der Waals surface area contributed by atoms with E-state index in [9.17, 15) is 0 Å². The summed E-state index contributed by atoms with van der Waals surface area (Å²) in [4.78, 5) is 4.09. The van der Waals surface area contributed by atoms with E-state index in [1.54, 1.807) is 12.5 Å². The molecule has 1 unspecified atom stereocenters. The van der Waals surface area contributed by atoms with Crippen LogP contribution in [0.1, 0.15) is 24.7 Å². The van der Waals surface area contributed by atoms with E-state index >= 15 is 0 Å². The van der Waals surface area contributed by atoms with Crippen LogP contribution in [0.3, 0.4) is 0 Å². The van der Waals surface area contributed by atoms with Crippen LogP contribution in [0.25, 0.3) is 0 Å². The van der Waals surface area contributed by atoms with Gasteiger partial charge in [0.2, 0.25) is 0 Å². The van der Waals surface area contributed by atoms with Crippen molar-refractivity contribution < 1.29 is 4.42 Å². The van der Waals surface area contributed by atoms with Crippen LogP contribution in [0.4, 0.5) is 5.69 Å². The lowest BCUT2D eigenvalue weighted by Crippen LogP contribution is -2.17. The van der Waals surface area contributed by atoms with Gasteiger partial charge in [0.05, 0.1) is 12.0 Å². The predicted octanol–water partition coefficient (Wildman–Crippen LogP) is 4.07. The van der Waals surface area contributed by atoms with Crippen LogP contribution in [0.2, 0.25) is 5.15 Å². The molecule has 0 aliphatic heterocycles. The molecule has 0 aliphatic rings. The minimum absolute atomic E-state index is 0.315. The van der Waals surface area contributed by atoms with Gasteiger partial charge in [-0.05, 0) is 44.0 Å². The summed E-state index contributed by atoms with van der Waals surface area (Å²) in [6.45, 7) is 4.15. The van der Waals surface area contributed by atoms with Gasteiger partial charge in [0.15, 0.2) is 5.15 Å². The third-order valence-electron chi connectivity index (χ3n) is 2.91. The third-order valence-corrected chi connectivity index (χ3v) is 3.19. The molecule has 2 heterocycles. The zero-order chi connectivity index (χ0) is 13.0. The molecule has 2 rings (SSSR count). The maximum Gasteiger partial charge on any atom is 0.152 e. The van der Waals surface area contributed by atoms with Gasteiger partial charge in [0.1, 0.15) is 5.76 Å². The summed E-state index contributed by atoms with van der Waals surface area (Å²) in [7, 11) is 0. The molecular formula is C14H17ClN2O. The van der Waals surface area contributed by atoms with Crippen LogP contribution < -0.4 is 5.32 Å². The number of hydrogen-bond acceptors (Lipinski definition) is 3. The average molecular weight is 265 g/mol. The summed E-state index contributed by atoms with van der Waals surface area (Å²) in [6.07, 6.45) is 5.32. The molecule has 0 saturated carbocycles. The molecule has 0 spiro atoms. The van der Waals surface area contributed by atoms with Crippen LogP contribution in [0.5, 0.6) is 0 Å². The molecule has 18 heavy (non-hydrogen) atoms. The normalized spacial score (nSPS) is 12.4. The fourth-order valence-corrected chi connectivity index (χ4v) is 2.09. The second-order valence-corrected chi connectivity index (χ2v) is 4.82. The number of rotatable bonds is 5. The quantitative estimate of drug-likeness (QED) is 0.828. The summed E-state index contributed by atoms with van der Waals surface area (Å²) >= 11 is 6.08. The predicted molar refractivity (Wildman–Crippen MR) is 74.1 cm³/mol. The zero-order valence-electron chi connectivity index (χ0n) is 10.6. The summed E-state index contributed by atoms with van der Waals surface area (Å²) in [5, 5.41) is 3.93. The Morgan fingerprint density at radius 2 is 2.28 bits per heavy atom. The van der Waals surface area contributed by atoms with Crippen molar-refractivity contribution in [2.75, 3.05) is 5.32 Å². The first-order chi connectivity index (χ1) is 8.66. The summed E-state index contributed by atoms with van der Waals surface area (Å²) in [5.41, 5.74) is 2.03. The molecule has 3 nitrogen and oxygen atoms in total. The monoisotopic (exact) mass is 264 g/mol. The molecule has 2 aromatic heterocycles. The Hall–Kier alpha value is -1.48. The van der Waals surface area contributed by atoms with Crippen LogP contribution in [0, 0.1) is 6.92 Å². The second-order valence-electron chi connectivity index (χ2n) is 4.46. The SMILES string of the molecule is Cc1ccnc(Cl)c1NC(C)CCc1ccco1. The maximum atomic E-state index is 6.08. The molecule has 0 saturated heterocycles. The number of aryl methyl sites for hydroxylation is 2. The average Bonchev–Trinajstić information content (AvgIpc) is 2.84. The number of hydrogen-bond donors (Lipinski definition) is 1. The number of furan rings is 1. The highest BCUT2D eigenvalue weighted by Crippen LogP contribution is 2.24. The number of aromatic nitrogens is 1. The highest BCUT2D eigenvalue weighted by Gasteiger charge is 2.09. The van der Waals surface area contributed by atoms with Gasteiger partial charge < -0.3 is 9.73 Å². The number of anilines is 1. The molecule has 0 radical (unpaired) electrons. The number of pyridine rings is 1. The van der Waals surface area contributed by atoms with Crippen LogP contribution in [-0.4, -0.2) is 11.0 Å². The van der Waals surface area contributed by atoms with Crippen molar-refractivity contribution in [1.29, 1.82) is 0 Å². The lowest BCUT2D eigenvalue weighted by Gasteiger charge is -2.17. The molecule has 0 bridgehead atoms. The molecule has 2 aromatic rings. The Labute approximate surface area is 112 Å². The Kier molecular flexibility index (Phi) is 4.26. The zero-order valence-corrected chi connectivity index (χ0v) is 11.4. The first-order valence-electron chi connectivity index (χ1n) is 6.07. The minimum Gasteiger partial charge on any atom is -0.469 e. The van der Waals surface area contributed by atoms with Gasteiger partial charge in [0.25, 0.3) is 0 Å². The fourth-order valence-electron chi connectivity index (χ4n) is 1.83. The van der Waals surface area contributed by atoms with E-state index in [4.69, 9.17) is 16.0 Å². The Balaban J connectivity index is 1.92. The lowest BCUT2D eigenvalue weighted by molar-refractivity contribution is 0.495. The van der Waals surface area contributed by atoms with Gasteiger partial charge in [-0.2, -0.15) is 0 Å². The van der Waals surface area contributed by atoms with Crippen LogP contribution in [-0.2, 0) is 6.42 Å². The van der Waals surface area contributed by atoms with Crippen molar-refractivity contribution in [3.63, 3.8) is 0 Å². The molecule has 1 atom stereocenters. The van der Waals surface area contributed by atoms with E-state index in [0.29, 0.717) is 11.2 Å². The van der Waals surface area contributed by atoms with Gasteiger partial charge in [-0.1, -0.05) is 11.6 Å². The second kappa shape index (κ2) is 5.91. The van der Waals surface area contributed by atoms with E-state index in [1.165, 1.54) is 0 Å². The topological polar surface area (TPSA) is 38.1 Å². The Morgan fingerprint density at radius 1 is 1.44 bits per heavy atom. The van der Waals surface area contributed by atoms with Crippen molar-refractivity contribution in [2.45, 2.75) is 32.7 Å². The van der Waals surface area contributed by atoms with E-state index < -0.39 is 0 Å². The summed E-state index contributed by atoms with van der Waals surface area (Å²) in [5.74, 6) is 1.01.